The molecule has 0 spiro atoms. The van der Waals surface area contributed by atoms with Gasteiger partial charge in [-0.3, -0.25) is 4.90 Å². The Bertz CT molecular complexity index is 849. The predicted octanol–water partition coefficient (Wildman–Crippen LogP) is 5.39. The van der Waals surface area contributed by atoms with Crippen molar-refractivity contribution in [1.29, 1.82) is 0 Å². The number of nitrogens with zero attached hydrogens (tertiary/aromatic N) is 2. The Kier molecular flexibility index (Phi) is 6.89. The van der Waals surface area contributed by atoms with Gasteiger partial charge in [-0.2, -0.15) is 0 Å². The number of ether oxygens (including phenoxy) is 2. The van der Waals surface area contributed by atoms with E-state index in [9.17, 15) is 0 Å². The van der Waals surface area contributed by atoms with Gasteiger partial charge in [0.2, 0.25) is 0 Å². The van der Waals surface area contributed by atoms with E-state index < -0.39 is 0 Å². The number of benzene rings is 2. The number of anilines is 1. The minimum Gasteiger partial charge on any atom is -0.491 e. The lowest BCUT2D eigenvalue weighted by Gasteiger charge is -2.38. The van der Waals surface area contributed by atoms with Gasteiger partial charge >= 0.3 is 0 Å². The Labute approximate surface area is 189 Å². The quantitative estimate of drug-likeness (QED) is 0.562. The van der Waals surface area contributed by atoms with Crippen LogP contribution < -0.4 is 14.4 Å². The monoisotopic (exact) mass is 472 g/mol. The number of halogens is 1. The number of likely N-dealkylation sites (N-methyl/N-ethyl adjacent to an activating group) is 1. The summed E-state index contributed by atoms with van der Waals surface area (Å²) in [6.07, 6.45) is 4.03. The SMILES string of the molecule is CC(C)Oc1ccc(Br)c(CC2CCN(CC3CN(C)c4ccccc4O3)CC2)c1. The first kappa shape index (κ1) is 21.5. The largest absolute Gasteiger partial charge is 0.491 e. The highest BCUT2D eigenvalue weighted by Crippen LogP contribution is 2.33. The molecule has 0 amide bonds. The second-order valence-corrected chi connectivity index (χ2v) is 9.81. The fourth-order valence-corrected chi connectivity index (χ4v) is 5.02. The molecule has 2 aliphatic heterocycles. The van der Waals surface area contributed by atoms with Gasteiger partial charge in [0.25, 0.3) is 0 Å². The molecule has 30 heavy (non-hydrogen) atoms. The molecule has 1 unspecified atom stereocenters. The van der Waals surface area contributed by atoms with Gasteiger partial charge in [-0.1, -0.05) is 28.1 Å². The summed E-state index contributed by atoms with van der Waals surface area (Å²) < 4.78 is 13.4. The van der Waals surface area contributed by atoms with Gasteiger partial charge in [-0.15, -0.1) is 0 Å². The minimum atomic E-state index is 0.204. The highest BCUT2D eigenvalue weighted by molar-refractivity contribution is 9.10. The maximum atomic E-state index is 6.28. The molecule has 1 saturated heterocycles. The molecule has 162 valence electrons. The van der Waals surface area contributed by atoms with E-state index in [-0.39, 0.29) is 12.2 Å². The van der Waals surface area contributed by atoms with Crippen LogP contribution in [0.15, 0.2) is 46.9 Å². The van der Waals surface area contributed by atoms with Crippen LogP contribution in [0.4, 0.5) is 5.69 Å². The summed E-state index contributed by atoms with van der Waals surface area (Å²) in [7, 11) is 2.16. The summed E-state index contributed by atoms with van der Waals surface area (Å²) in [5, 5.41) is 0. The highest BCUT2D eigenvalue weighted by Gasteiger charge is 2.27. The summed E-state index contributed by atoms with van der Waals surface area (Å²) in [4.78, 5) is 4.90. The molecule has 1 atom stereocenters. The fraction of sp³-hybridized carbons (Fsp3) is 0.520. The van der Waals surface area contributed by atoms with E-state index in [1.54, 1.807) is 0 Å². The van der Waals surface area contributed by atoms with Crippen LogP contribution in [0, 0.1) is 5.92 Å². The van der Waals surface area contributed by atoms with Gasteiger partial charge < -0.3 is 14.4 Å². The van der Waals surface area contributed by atoms with Crippen LogP contribution in [-0.2, 0) is 6.42 Å². The number of piperidine rings is 1. The molecule has 1 fully saturated rings. The standard InChI is InChI=1S/C25H33BrN2O2/c1-18(2)29-21-8-9-23(26)20(15-21)14-19-10-12-28(13-11-19)17-22-16-27(3)24-6-4-5-7-25(24)30-22/h4-9,15,18-19,22H,10-14,16-17H2,1-3H3. The third-order valence-electron chi connectivity index (χ3n) is 6.11. The molecule has 0 aliphatic carbocycles. The van der Waals surface area contributed by atoms with Crippen molar-refractivity contribution in [2.45, 2.75) is 45.3 Å². The van der Waals surface area contributed by atoms with E-state index >= 15 is 0 Å². The first-order chi connectivity index (χ1) is 14.5. The van der Waals surface area contributed by atoms with E-state index in [1.165, 1.54) is 28.6 Å². The molecule has 0 N–H and O–H groups in total. The van der Waals surface area contributed by atoms with Crippen LogP contribution in [0.5, 0.6) is 11.5 Å². The summed E-state index contributed by atoms with van der Waals surface area (Å²) in [6.45, 7) is 8.40. The molecule has 2 aromatic rings. The zero-order chi connectivity index (χ0) is 21.1. The van der Waals surface area contributed by atoms with E-state index in [0.717, 1.165) is 50.0 Å². The first-order valence-corrected chi connectivity index (χ1v) is 11.9. The third kappa shape index (κ3) is 5.30. The van der Waals surface area contributed by atoms with Crippen LogP contribution in [-0.4, -0.2) is 50.3 Å². The van der Waals surface area contributed by atoms with Gasteiger partial charge in [-0.05, 0) is 88.0 Å². The number of hydrogen-bond acceptors (Lipinski definition) is 4. The van der Waals surface area contributed by atoms with Crippen molar-refractivity contribution in [3.8, 4) is 11.5 Å². The molecule has 0 bridgehead atoms. The molecule has 2 aliphatic rings. The van der Waals surface area contributed by atoms with Crippen molar-refractivity contribution in [2.24, 2.45) is 5.92 Å². The van der Waals surface area contributed by atoms with Gasteiger partial charge in [0, 0.05) is 18.1 Å². The highest BCUT2D eigenvalue weighted by atomic mass is 79.9. The zero-order valence-electron chi connectivity index (χ0n) is 18.3. The van der Waals surface area contributed by atoms with E-state index in [0.29, 0.717) is 0 Å². The van der Waals surface area contributed by atoms with Crippen LogP contribution in [0.1, 0.15) is 32.3 Å². The smallest absolute Gasteiger partial charge is 0.143 e. The van der Waals surface area contributed by atoms with Crippen LogP contribution >= 0.6 is 15.9 Å². The Morgan fingerprint density at radius 1 is 1.13 bits per heavy atom. The number of fused-ring (bicyclic) bond motifs is 1. The summed E-state index contributed by atoms with van der Waals surface area (Å²) >= 11 is 3.73. The predicted molar refractivity (Wildman–Crippen MR) is 127 cm³/mol. The molecule has 0 saturated carbocycles. The lowest BCUT2D eigenvalue weighted by molar-refractivity contribution is 0.103. The molecular weight excluding hydrogens is 440 g/mol. The van der Waals surface area contributed by atoms with Crippen molar-refractivity contribution in [2.75, 3.05) is 38.1 Å². The normalized spacial score (nSPS) is 20.2. The summed E-state index contributed by atoms with van der Waals surface area (Å²) in [5.74, 6) is 2.71. The van der Waals surface area contributed by atoms with Crippen molar-refractivity contribution < 1.29 is 9.47 Å². The lowest BCUT2D eigenvalue weighted by Crippen LogP contribution is -2.47. The second kappa shape index (κ2) is 9.61. The van der Waals surface area contributed by atoms with Crippen molar-refractivity contribution in [3.63, 3.8) is 0 Å². The Balaban J connectivity index is 1.29. The average Bonchev–Trinajstić information content (AvgIpc) is 2.72. The molecule has 0 aromatic heterocycles. The molecule has 4 nitrogen and oxygen atoms in total. The molecule has 2 heterocycles. The summed E-state index contributed by atoms with van der Waals surface area (Å²) in [5.41, 5.74) is 2.56. The van der Waals surface area contributed by atoms with Gasteiger partial charge in [-0.25, -0.2) is 0 Å². The first-order valence-electron chi connectivity index (χ1n) is 11.1. The van der Waals surface area contributed by atoms with Crippen molar-refractivity contribution >= 4 is 21.6 Å². The lowest BCUT2D eigenvalue weighted by atomic mass is 9.90. The average molecular weight is 473 g/mol. The number of rotatable bonds is 6. The third-order valence-corrected chi connectivity index (χ3v) is 6.89. The van der Waals surface area contributed by atoms with E-state index in [4.69, 9.17) is 9.47 Å². The molecule has 0 radical (unpaired) electrons. The zero-order valence-corrected chi connectivity index (χ0v) is 19.9. The molecule has 2 aromatic carbocycles. The minimum absolute atomic E-state index is 0.204. The number of hydrogen-bond donors (Lipinski definition) is 0. The number of para-hydroxylation sites is 2. The fourth-order valence-electron chi connectivity index (χ4n) is 4.61. The van der Waals surface area contributed by atoms with Crippen LogP contribution in [0.25, 0.3) is 0 Å². The Hall–Kier alpha value is -1.72. The second-order valence-electron chi connectivity index (χ2n) is 8.96. The van der Waals surface area contributed by atoms with E-state index in [1.807, 2.05) is 0 Å². The summed E-state index contributed by atoms with van der Waals surface area (Å²) in [6, 6.07) is 14.7. The van der Waals surface area contributed by atoms with E-state index in [2.05, 4.69) is 89.1 Å². The van der Waals surface area contributed by atoms with Crippen LogP contribution in [0.2, 0.25) is 0 Å². The molecule has 4 rings (SSSR count). The van der Waals surface area contributed by atoms with Gasteiger partial charge in [0.1, 0.15) is 17.6 Å². The Morgan fingerprint density at radius 3 is 2.67 bits per heavy atom. The topological polar surface area (TPSA) is 24.9 Å². The van der Waals surface area contributed by atoms with Crippen molar-refractivity contribution in [3.05, 3.63) is 52.5 Å². The maximum Gasteiger partial charge on any atom is 0.143 e. The van der Waals surface area contributed by atoms with Crippen molar-refractivity contribution in [1.82, 2.24) is 4.90 Å². The maximum absolute atomic E-state index is 6.28. The number of likely N-dealkylation sites (tertiary alicyclic amines) is 1. The van der Waals surface area contributed by atoms with Crippen LogP contribution in [0.3, 0.4) is 0 Å². The molecule has 5 heteroatoms. The molecular formula is C25H33BrN2O2. The van der Waals surface area contributed by atoms with Gasteiger partial charge in [0.05, 0.1) is 18.3 Å². The van der Waals surface area contributed by atoms with Gasteiger partial charge in [0.15, 0.2) is 0 Å². The Morgan fingerprint density at radius 2 is 1.90 bits per heavy atom.